The van der Waals surface area contributed by atoms with E-state index in [9.17, 15) is 4.79 Å². The largest absolute Gasteiger partial charge is 0.339 e. The minimum absolute atomic E-state index is 0.137. The van der Waals surface area contributed by atoms with E-state index in [2.05, 4.69) is 25.9 Å². The number of fused-ring (bicyclic) bond motifs is 1. The number of anilines is 1. The molecule has 1 N–H and O–H groups in total. The summed E-state index contributed by atoms with van der Waals surface area (Å²) in [5.41, 5.74) is 3.94. The molecule has 0 saturated heterocycles. The topological polar surface area (TPSA) is 49.0 Å². The van der Waals surface area contributed by atoms with E-state index in [1.807, 2.05) is 18.2 Å². The van der Waals surface area contributed by atoms with Crippen molar-refractivity contribution in [2.75, 3.05) is 11.9 Å². The maximum atomic E-state index is 11.6. The highest BCUT2D eigenvalue weighted by atomic mass is 79.9. The molecule has 0 radical (unpaired) electrons. The van der Waals surface area contributed by atoms with Crippen molar-refractivity contribution in [3.8, 4) is 11.3 Å². The third-order valence-corrected chi connectivity index (χ3v) is 3.63. The van der Waals surface area contributed by atoms with E-state index < -0.39 is 0 Å². The number of amides is 1. The Hall–Kier alpha value is -1.62. The van der Waals surface area contributed by atoms with Crippen molar-refractivity contribution in [3.05, 3.63) is 34.7 Å². The molecule has 0 fully saturated rings. The summed E-state index contributed by atoms with van der Waals surface area (Å²) in [5, 5.41) is 0. The Morgan fingerprint density at radius 1 is 1.47 bits per heavy atom. The molecule has 2 heterocycles. The number of halogens is 1. The minimum atomic E-state index is 0.137. The van der Waals surface area contributed by atoms with Gasteiger partial charge in [-0.1, -0.05) is 6.07 Å². The van der Waals surface area contributed by atoms with Gasteiger partial charge in [-0.3, -0.25) is 4.79 Å². The average Bonchev–Trinajstić information content (AvgIpc) is 2.84. The predicted octanol–water partition coefficient (Wildman–Crippen LogP) is 2.36. The Morgan fingerprint density at radius 3 is 3.00 bits per heavy atom. The molecule has 0 atom stereocenters. The van der Waals surface area contributed by atoms with Crippen LogP contribution >= 0.6 is 15.9 Å². The smallest absolute Gasteiger partial charge is 0.231 e. The summed E-state index contributed by atoms with van der Waals surface area (Å²) in [6.45, 7) is 0. The number of likely N-dealkylation sites (N-methyl/N-ethyl adjacent to an activating group) is 1. The molecular weight excluding hydrogens is 282 g/mol. The van der Waals surface area contributed by atoms with Crippen LogP contribution in [0.3, 0.4) is 0 Å². The van der Waals surface area contributed by atoms with Gasteiger partial charge in [-0.25, -0.2) is 4.98 Å². The molecule has 1 aromatic carbocycles. The second-order valence-corrected chi connectivity index (χ2v) is 4.83. The molecule has 3 rings (SSSR count). The lowest BCUT2D eigenvalue weighted by Crippen LogP contribution is -2.20. The van der Waals surface area contributed by atoms with Crippen molar-refractivity contribution in [1.29, 1.82) is 0 Å². The van der Waals surface area contributed by atoms with Gasteiger partial charge in [0, 0.05) is 18.3 Å². The zero-order valence-electron chi connectivity index (χ0n) is 9.20. The van der Waals surface area contributed by atoms with Crippen LogP contribution in [-0.2, 0) is 11.2 Å². The fourth-order valence-electron chi connectivity index (χ4n) is 2.10. The molecule has 0 saturated carbocycles. The highest BCUT2D eigenvalue weighted by molar-refractivity contribution is 9.10. The second kappa shape index (κ2) is 3.70. The molecule has 0 bridgehead atoms. The van der Waals surface area contributed by atoms with Crippen LogP contribution < -0.4 is 4.90 Å². The number of carbonyl (C=O) groups excluding carboxylic acids is 1. The quantitative estimate of drug-likeness (QED) is 0.877. The van der Waals surface area contributed by atoms with E-state index in [0.717, 1.165) is 27.1 Å². The highest BCUT2D eigenvalue weighted by Gasteiger charge is 2.24. The first-order chi connectivity index (χ1) is 8.16. The summed E-state index contributed by atoms with van der Waals surface area (Å²) in [5.74, 6) is 0.137. The first-order valence-electron chi connectivity index (χ1n) is 5.25. The zero-order valence-corrected chi connectivity index (χ0v) is 10.8. The molecule has 5 heteroatoms. The average molecular weight is 292 g/mol. The summed E-state index contributed by atoms with van der Waals surface area (Å²) in [6, 6.07) is 5.98. The molecule has 0 spiro atoms. The Labute approximate surface area is 107 Å². The molecule has 1 aliphatic heterocycles. The van der Waals surface area contributed by atoms with Crippen LogP contribution in [0, 0.1) is 0 Å². The SMILES string of the molecule is CN1C(=O)Cc2cc(-c3nc[nH]c3Br)ccc21. The van der Waals surface area contributed by atoms with Crippen LogP contribution in [-0.4, -0.2) is 22.9 Å². The van der Waals surface area contributed by atoms with Gasteiger partial charge < -0.3 is 9.88 Å². The summed E-state index contributed by atoms with van der Waals surface area (Å²) in [7, 11) is 1.80. The predicted molar refractivity (Wildman–Crippen MR) is 68.8 cm³/mol. The van der Waals surface area contributed by atoms with Crippen LogP contribution in [0.25, 0.3) is 11.3 Å². The fourth-order valence-corrected chi connectivity index (χ4v) is 2.53. The summed E-state index contributed by atoms with van der Waals surface area (Å²) < 4.78 is 0.857. The van der Waals surface area contributed by atoms with Gasteiger partial charge in [0.25, 0.3) is 0 Å². The molecule has 17 heavy (non-hydrogen) atoms. The third kappa shape index (κ3) is 1.58. The maximum absolute atomic E-state index is 11.6. The number of nitrogens with one attached hydrogen (secondary N) is 1. The Bertz CT molecular complexity index is 606. The van der Waals surface area contributed by atoms with Gasteiger partial charge >= 0.3 is 0 Å². The van der Waals surface area contributed by atoms with Crippen molar-refractivity contribution in [1.82, 2.24) is 9.97 Å². The third-order valence-electron chi connectivity index (χ3n) is 3.02. The fraction of sp³-hybridized carbons (Fsp3) is 0.167. The number of imidazole rings is 1. The summed E-state index contributed by atoms with van der Waals surface area (Å²) in [4.78, 5) is 20.5. The molecule has 0 unspecified atom stereocenters. The number of aromatic amines is 1. The minimum Gasteiger partial charge on any atom is -0.339 e. The lowest BCUT2D eigenvalue weighted by atomic mass is 10.1. The summed E-state index contributed by atoms with van der Waals surface area (Å²) in [6.07, 6.45) is 2.12. The van der Waals surface area contributed by atoms with Gasteiger partial charge in [0.15, 0.2) is 0 Å². The Kier molecular flexibility index (Phi) is 2.29. The molecule has 1 amide bonds. The van der Waals surface area contributed by atoms with E-state index in [0.29, 0.717) is 6.42 Å². The van der Waals surface area contributed by atoms with Gasteiger partial charge in [0.2, 0.25) is 5.91 Å². The first kappa shape index (κ1) is 10.5. The molecule has 86 valence electrons. The van der Waals surface area contributed by atoms with E-state index in [1.54, 1.807) is 18.3 Å². The number of carbonyl (C=O) groups is 1. The number of rotatable bonds is 1. The zero-order chi connectivity index (χ0) is 12.0. The number of hydrogen-bond acceptors (Lipinski definition) is 2. The normalized spacial score (nSPS) is 14.2. The Balaban J connectivity index is 2.10. The highest BCUT2D eigenvalue weighted by Crippen LogP contribution is 2.33. The molecule has 1 aliphatic rings. The number of benzene rings is 1. The lowest BCUT2D eigenvalue weighted by Gasteiger charge is -2.10. The first-order valence-corrected chi connectivity index (χ1v) is 6.05. The standard InChI is InChI=1S/C12H10BrN3O/c1-16-9-3-2-7(4-8(9)5-10(16)17)11-12(13)15-6-14-11/h2-4,6H,5H2,1H3,(H,14,15). The maximum Gasteiger partial charge on any atom is 0.231 e. The monoisotopic (exact) mass is 291 g/mol. The molecule has 2 aromatic rings. The number of nitrogens with zero attached hydrogens (tertiary/aromatic N) is 2. The number of hydrogen-bond donors (Lipinski definition) is 1. The van der Waals surface area contributed by atoms with Crippen LogP contribution in [0.15, 0.2) is 29.1 Å². The van der Waals surface area contributed by atoms with Crippen LogP contribution in [0.4, 0.5) is 5.69 Å². The van der Waals surface area contributed by atoms with Gasteiger partial charge in [-0.2, -0.15) is 0 Å². The van der Waals surface area contributed by atoms with E-state index in [4.69, 9.17) is 0 Å². The van der Waals surface area contributed by atoms with E-state index in [-0.39, 0.29) is 5.91 Å². The Morgan fingerprint density at radius 2 is 2.29 bits per heavy atom. The van der Waals surface area contributed by atoms with Crippen molar-refractivity contribution in [2.45, 2.75) is 6.42 Å². The van der Waals surface area contributed by atoms with Crippen LogP contribution in [0.2, 0.25) is 0 Å². The molecule has 4 nitrogen and oxygen atoms in total. The van der Waals surface area contributed by atoms with Crippen molar-refractivity contribution >= 4 is 27.5 Å². The van der Waals surface area contributed by atoms with E-state index in [1.165, 1.54) is 0 Å². The van der Waals surface area contributed by atoms with Crippen molar-refractivity contribution in [2.24, 2.45) is 0 Å². The van der Waals surface area contributed by atoms with Gasteiger partial charge in [-0.15, -0.1) is 0 Å². The van der Waals surface area contributed by atoms with Crippen LogP contribution in [0.5, 0.6) is 0 Å². The number of aromatic nitrogens is 2. The lowest BCUT2D eigenvalue weighted by molar-refractivity contribution is -0.117. The number of H-pyrrole nitrogens is 1. The van der Waals surface area contributed by atoms with Crippen molar-refractivity contribution < 1.29 is 4.79 Å². The molecule has 1 aromatic heterocycles. The van der Waals surface area contributed by atoms with Gasteiger partial charge in [0.1, 0.15) is 10.3 Å². The van der Waals surface area contributed by atoms with Crippen LogP contribution in [0.1, 0.15) is 5.56 Å². The van der Waals surface area contributed by atoms with Gasteiger partial charge in [-0.05, 0) is 33.6 Å². The van der Waals surface area contributed by atoms with Gasteiger partial charge in [0.05, 0.1) is 12.7 Å². The second-order valence-electron chi connectivity index (χ2n) is 4.04. The van der Waals surface area contributed by atoms with E-state index >= 15 is 0 Å². The molecular formula is C12H10BrN3O. The van der Waals surface area contributed by atoms with Crippen molar-refractivity contribution in [3.63, 3.8) is 0 Å². The summed E-state index contributed by atoms with van der Waals surface area (Å²) >= 11 is 3.41. The molecule has 0 aliphatic carbocycles.